The molecule has 0 aromatic heterocycles. The molecule has 1 saturated heterocycles. The topological polar surface area (TPSA) is 58.6 Å². The van der Waals surface area contributed by atoms with Gasteiger partial charge in [0.15, 0.2) is 0 Å². The van der Waals surface area contributed by atoms with Gasteiger partial charge in [0.05, 0.1) is 11.0 Å². The summed E-state index contributed by atoms with van der Waals surface area (Å²) in [5, 5.41) is 3.13. The fourth-order valence-electron chi connectivity index (χ4n) is 2.50. The summed E-state index contributed by atoms with van der Waals surface area (Å²) in [5.74, 6) is 0.735. The Hall–Kier alpha value is -0.820. The monoisotopic (exact) mass is 348 g/mol. The van der Waals surface area contributed by atoms with Gasteiger partial charge in [0.1, 0.15) is 5.75 Å². The molecule has 0 spiro atoms. The molecule has 0 bridgehead atoms. The summed E-state index contributed by atoms with van der Waals surface area (Å²) in [6.07, 6.45) is 0.921. The van der Waals surface area contributed by atoms with Crippen molar-refractivity contribution >= 4 is 22.4 Å². The van der Waals surface area contributed by atoms with Crippen molar-refractivity contribution in [2.45, 2.75) is 44.2 Å². The van der Waals surface area contributed by atoms with Gasteiger partial charge >= 0.3 is 0 Å². The van der Waals surface area contributed by atoms with Gasteiger partial charge in [-0.2, -0.15) is 4.31 Å². The molecular formula is C15H25ClN2O3S. The number of ether oxygens (including phenoxy) is 1. The Morgan fingerprint density at radius 3 is 2.55 bits per heavy atom. The molecule has 1 atom stereocenters. The van der Waals surface area contributed by atoms with E-state index in [0.717, 1.165) is 17.7 Å². The Morgan fingerprint density at radius 2 is 2.05 bits per heavy atom. The SMILES string of the molecule is CNC1CCN(S(=O)(=O)c2ccc(OC(C)C)c(C)c2)C1.Cl. The molecule has 1 aliphatic heterocycles. The van der Waals surface area contributed by atoms with Crippen LogP contribution in [0.2, 0.25) is 0 Å². The molecule has 126 valence electrons. The molecule has 0 amide bonds. The molecule has 1 aliphatic rings. The summed E-state index contributed by atoms with van der Waals surface area (Å²) >= 11 is 0. The number of nitrogens with one attached hydrogen (secondary N) is 1. The zero-order chi connectivity index (χ0) is 15.6. The highest BCUT2D eigenvalue weighted by Crippen LogP contribution is 2.26. The minimum atomic E-state index is -3.41. The summed E-state index contributed by atoms with van der Waals surface area (Å²) in [6, 6.07) is 5.31. The van der Waals surface area contributed by atoms with E-state index in [4.69, 9.17) is 4.74 Å². The van der Waals surface area contributed by atoms with Crippen molar-refractivity contribution in [2.24, 2.45) is 0 Å². The van der Waals surface area contributed by atoms with E-state index in [2.05, 4.69) is 5.32 Å². The molecule has 7 heteroatoms. The van der Waals surface area contributed by atoms with Gasteiger partial charge in [0, 0.05) is 19.1 Å². The second-order valence-electron chi connectivity index (χ2n) is 5.73. The minimum absolute atomic E-state index is 0. The van der Waals surface area contributed by atoms with Crippen molar-refractivity contribution in [3.05, 3.63) is 23.8 Å². The molecule has 1 heterocycles. The molecule has 0 aliphatic carbocycles. The maximum atomic E-state index is 12.6. The van der Waals surface area contributed by atoms with Crippen LogP contribution >= 0.6 is 12.4 Å². The van der Waals surface area contributed by atoms with E-state index in [0.29, 0.717) is 18.0 Å². The van der Waals surface area contributed by atoms with Crippen LogP contribution < -0.4 is 10.1 Å². The quantitative estimate of drug-likeness (QED) is 0.886. The summed E-state index contributed by atoms with van der Waals surface area (Å²) in [5.41, 5.74) is 0.842. The number of nitrogens with zero attached hydrogens (tertiary/aromatic N) is 1. The van der Waals surface area contributed by atoms with E-state index in [1.807, 2.05) is 27.8 Å². The number of benzene rings is 1. The van der Waals surface area contributed by atoms with Crippen LogP contribution in [0.5, 0.6) is 5.75 Å². The Kier molecular flexibility index (Phi) is 6.67. The van der Waals surface area contributed by atoms with Gasteiger partial charge in [-0.3, -0.25) is 0 Å². The van der Waals surface area contributed by atoms with Gasteiger partial charge in [-0.05, 0) is 58.0 Å². The first kappa shape index (κ1) is 19.2. The highest BCUT2D eigenvalue weighted by molar-refractivity contribution is 7.89. The van der Waals surface area contributed by atoms with Crippen LogP contribution in [0.1, 0.15) is 25.8 Å². The molecule has 0 radical (unpaired) electrons. The number of sulfonamides is 1. The number of halogens is 1. The second-order valence-corrected chi connectivity index (χ2v) is 7.67. The minimum Gasteiger partial charge on any atom is -0.491 e. The molecule has 1 fully saturated rings. The van der Waals surface area contributed by atoms with Crippen molar-refractivity contribution in [2.75, 3.05) is 20.1 Å². The lowest BCUT2D eigenvalue weighted by Gasteiger charge is -2.18. The maximum absolute atomic E-state index is 12.6. The first-order valence-corrected chi connectivity index (χ1v) is 8.73. The first-order valence-electron chi connectivity index (χ1n) is 7.29. The average molecular weight is 349 g/mol. The molecule has 22 heavy (non-hydrogen) atoms. The van der Waals surface area contributed by atoms with Crippen molar-refractivity contribution < 1.29 is 13.2 Å². The van der Waals surface area contributed by atoms with Crippen molar-refractivity contribution in [1.29, 1.82) is 0 Å². The predicted octanol–water partition coefficient (Wildman–Crippen LogP) is 2.19. The fraction of sp³-hybridized carbons (Fsp3) is 0.600. The van der Waals surface area contributed by atoms with Gasteiger partial charge in [0.2, 0.25) is 10.0 Å². The Morgan fingerprint density at radius 1 is 1.36 bits per heavy atom. The Bertz CT molecular complexity index is 605. The summed E-state index contributed by atoms with van der Waals surface area (Å²) < 4.78 is 32.5. The zero-order valence-corrected chi connectivity index (χ0v) is 15.1. The zero-order valence-electron chi connectivity index (χ0n) is 13.5. The van der Waals surface area contributed by atoms with Gasteiger partial charge < -0.3 is 10.1 Å². The van der Waals surface area contributed by atoms with E-state index in [9.17, 15) is 8.42 Å². The highest BCUT2D eigenvalue weighted by Gasteiger charge is 2.32. The first-order chi connectivity index (χ1) is 9.84. The smallest absolute Gasteiger partial charge is 0.243 e. The third kappa shape index (κ3) is 4.13. The molecule has 1 aromatic carbocycles. The highest BCUT2D eigenvalue weighted by atomic mass is 35.5. The lowest BCUT2D eigenvalue weighted by molar-refractivity contribution is 0.240. The van der Waals surface area contributed by atoms with Gasteiger partial charge in [-0.25, -0.2) is 8.42 Å². The van der Waals surface area contributed by atoms with Gasteiger partial charge in [0.25, 0.3) is 0 Å². The standard InChI is InChI=1S/C15H24N2O3S.ClH/c1-11(2)20-15-6-5-14(9-12(15)3)21(18,19)17-8-7-13(10-17)16-4;/h5-6,9,11,13,16H,7-8,10H2,1-4H3;1H. The molecular weight excluding hydrogens is 324 g/mol. The molecule has 1 aromatic rings. The molecule has 1 unspecified atom stereocenters. The Labute approximate surface area is 139 Å². The number of hydrogen-bond donors (Lipinski definition) is 1. The third-order valence-corrected chi connectivity index (χ3v) is 5.57. The molecule has 2 rings (SSSR count). The van der Waals surface area contributed by atoms with E-state index in [1.165, 1.54) is 0 Å². The van der Waals surface area contributed by atoms with Crippen LogP contribution in [0.4, 0.5) is 0 Å². The summed E-state index contributed by atoms with van der Waals surface area (Å²) in [4.78, 5) is 0.341. The van der Waals surface area contributed by atoms with Gasteiger partial charge in [-0.1, -0.05) is 0 Å². The van der Waals surface area contributed by atoms with E-state index < -0.39 is 10.0 Å². The Balaban J connectivity index is 0.00000242. The summed E-state index contributed by atoms with van der Waals surface area (Å²) in [6.45, 7) is 6.87. The second kappa shape index (κ2) is 7.64. The van der Waals surface area contributed by atoms with Crippen molar-refractivity contribution in [1.82, 2.24) is 9.62 Å². The van der Waals surface area contributed by atoms with E-state index >= 15 is 0 Å². The largest absolute Gasteiger partial charge is 0.491 e. The molecule has 1 N–H and O–H groups in total. The normalized spacial score (nSPS) is 19.2. The number of rotatable bonds is 5. The molecule has 5 nitrogen and oxygen atoms in total. The van der Waals surface area contributed by atoms with Crippen LogP contribution in [0.25, 0.3) is 0 Å². The van der Waals surface area contributed by atoms with Crippen LogP contribution in [0.15, 0.2) is 23.1 Å². The number of aryl methyl sites for hydroxylation is 1. The lowest BCUT2D eigenvalue weighted by Crippen LogP contribution is -2.33. The average Bonchev–Trinajstić information content (AvgIpc) is 2.90. The summed E-state index contributed by atoms with van der Waals surface area (Å²) in [7, 11) is -1.55. The fourth-order valence-corrected chi connectivity index (χ4v) is 4.09. The number of likely N-dealkylation sites (N-methyl/N-ethyl adjacent to an activating group) is 1. The number of hydrogen-bond acceptors (Lipinski definition) is 4. The van der Waals surface area contributed by atoms with Crippen molar-refractivity contribution in [3.63, 3.8) is 0 Å². The predicted molar refractivity (Wildman–Crippen MR) is 90.4 cm³/mol. The third-order valence-electron chi connectivity index (χ3n) is 3.71. The van der Waals surface area contributed by atoms with E-state index in [-0.39, 0.29) is 24.6 Å². The van der Waals surface area contributed by atoms with Crippen LogP contribution in [-0.4, -0.2) is 45.0 Å². The van der Waals surface area contributed by atoms with Crippen LogP contribution in [0.3, 0.4) is 0 Å². The van der Waals surface area contributed by atoms with Gasteiger partial charge in [-0.15, -0.1) is 12.4 Å². The van der Waals surface area contributed by atoms with Crippen molar-refractivity contribution in [3.8, 4) is 5.75 Å². The maximum Gasteiger partial charge on any atom is 0.243 e. The molecule has 0 saturated carbocycles. The van der Waals surface area contributed by atoms with E-state index in [1.54, 1.807) is 22.5 Å². The lowest BCUT2D eigenvalue weighted by atomic mass is 10.2. The van der Waals surface area contributed by atoms with Crippen LogP contribution in [0, 0.1) is 6.92 Å². The van der Waals surface area contributed by atoms with Crippen LogP contribution in [-0.2, 0) is 10.0 Å².